The lowest BCUT2D eigenvalue weighted by Gasteiger charge is -2.08. The summed E-state index contributed by atoms with van der Waals surface area (Å²) < 4.78 is 30.0. The first kappa shape index (κ1) is 18.8. The quantitative estimate of drug-likeness (QED) is 0.540. The minimum Gasteiger partial charge on any atom is -0.391 e. The van der Waals surface area contributed by atoms with E-state index in [1.54, 1.807) is 41.1 Å². The third-order valence-electron chi connectivity index (χ3n) is 4.61. The molecule has 4 rings (SSSR count). The average Bonchev–Trinajstić information content (AvgIpc) is 3.12. The Morgan fingerprint density at radius 2 is 1.76 bits per heavy atom. The van der Waals surface area contributed by atoms with Crippen LogP contribution in [-0.2, 0) is 11.4 Å². The van der Waals surface area contributed by atoms with Crippen LogP contribution < -0.4 is 5.32 Å². The highest BCUT2D eigenvalue weighted by Crippen LogP contribution is 2.28. The maximum Gasteiger partial charge on any atom is 0.221 e. The van der Waals surface area contributed by atoms with Gasteiger partial charge in [-0.15, -0.1) is 0 Å². The second-order valence-corrected chi connectivity index (χ2v) is 6.61. The Hall–Kier alpha value is -3.58. The molecule has 0 unspecified atom stereocenters. The summed E-state index contributed by atoms with van der Waals surface area (Å²) in [7, 11) is 0. The van der Waals surface area contributed by atoms with E-state index in [-0.39, 0.29) is 17.0 Å². The van der Waals surface area contributed by atoms with Gasteiger partial charge in [-0.05, 0) is 36.4 Å². The second kappa shape index (κ2) is 7.44. The van der Waals surface area contributed by atoms with Crippen LogP contribution in [0.1, 0.15) is 12.5 Å². The molecule has 0 spiro atoms. The van der Waals surface area contributed by atoms with E-state index in [1.165, 1.54) is 13.0 Å². The molecule has 0 aliphatic carbocycles. The van der Waals surface area contributed by atoms with Crippen LogP contribution in [0.4, 0.5) is 14.5 Å². The van der Waals surface area contributed by atoms with Crippen molar-refractivity contribution in [2.45, 2.75) is 13.5 Å². The fourth-order valence-corrected chi connectivity index (χ4v) is 3.18. The Kier molecular flexibility index (Phi) is 4.82. The molecule has 0 aliphatic rings. The third kappa shape index (κ3) is 3.60. The van der Waals surface area contributed by atoms with Crippen LogP contribution in [0, 0.1) is 11.6 Å². The number of pyridine rings is 1. The van der Waals surface area contributed by atoms with Gasteiger partial charge in [0.25, 0.3) is 0 Å². The van der Waals surface area contributed by atoms with Gasteiger partial charge < -0.3 is 14.8 Å². The predicted molar refractivity (Wildman–Crippen MR) is 106 cm³/mol. The van der Waals surface area contributed by atoms with Gasteiger partial charge in [-0.3, -0.25) is 4.79 Å². The number of hydrogen-bond acceptors (Lipinski definition) is 3. The maximum atomic E-state index is 14.6. The van der Waals surface area contributed by atoms with Gasteiger partial charge in [0.05, 0.1) is 12.3 Å². The standard InChI is InChI=1S/C22H17F2N3O2/c1-13(29)25-16-5-2-14(3-6-16)20-11-27-10-15(4-9-21(27)26-20)17-7-8-19(23)18(12-28)22(17)24/h2-11,28H,12H2,1H3,(H,25,29). The summed E-state index contributed by atoms with van der Waals surface area (Å²) in [5, 5.41) is 11.9. The van der Waals surface area contributed by atoms with Crippen LogP contribution in [0.2, 0.25) is 0 Å². The Labute approximate surface area is 165 Å². The topological polar surface area (TPSA) is 66.6 Å². The Balaban J connectivity index is 1.71. The van der Waals surface area contributed by atoms with E-state index in [2.05, 4.69) is 10.3 Å². The Morgan fingerprint density at radius 3 is 2.45 bits per heavy atom. The van der Waals surface area contributed by atoms with Gasteiger partial charge in [0, 0.05) is 47.3 Å². The van der Waals surface area contributed by atoms with E-state index in [9.17, 15) is 18.7 Å². The molecule has 5 nitrogen and oxygen atoms in total. The van der Waals surface area contributed by atoms with Crippen molar-refractivity contribution in [3.05, 3.63) is 78.1 Å². The van der Waals surface area contributed by atoms with Crippen molar-refractivity contribution in [3.63, 3.8) is 0 Å². The summed E-state index contributed by atoms with van der Waals surface area (Å²) in [6.45, 7) is 0.735. The Bertz CT molecular complexity index is 1220. The van der Waals surface area contributed by atoms with E-state index in [0.29, 0.717) is 22.6 Å². The molecule has 0 saturated heterocycles. The van der Waals surface area contributed by atoms with Crippen LogP contribution in [0.25, 0.3) is 28.0 Å². The van der Waals surface area contributed by atoms with Crippen LogP contribution in [0.5, 0.6) is 0 Å². The number of anilines is 1. The van der Waals surface area contributed by atoms with Crippen molar-refractivity contribution in [1.82, 2.24) is 9.38 Å². The summed E-state index contributed by atoms with van der Waals surface area (Å²) in [5.41, 5.74) is 3.32. The number of benzene rings is 2. The van der Waals surface area contributed by atoms with Gasteiger partial charge in [-0.25, -0.2) is 13.8 Å². The van der Waals surface area contributed by atoms with Crippen LogP contribution in [-0.4, -0.2) is 20.4 Å². The van der Waals surface area contributed by atoms with E-state index < -0.39 is 18.2 Å². The van der Waals surface area contributed by atoms with Crippen LogP contribution in [0.15, 0.2) is 60.9 Å². The first-order valence-electron chi connectivity index (χ1n) is 8.91. The number of aromatic nitrogens is 2. The fraction of sp³-hybridized carbons (Fsp3) is 0.0909. The molecular formula is C22H17F2N3O2. The largest absolute Gasteiger partial charge is 0.391 e. The Morgan fingerprint density at radius 1 is 1.03 bits per heavy atom. The van der Waals surface area contributed by atoms with Crippen molar-refractivity contribution in [1.29, 1.82) is 0 Å². The molecule has 2 N–H and O–H groups in total. The summed E-state index contributed by atoms with van der Waals surface area (Å²) in [4.78, 5) is 15.7. The zero-order valence-corrected chi connectivity index (χ0v) is 15.5. The first-order valence-corrected chi connectivity index (χ1v) is 8.91. The molecule has 2 heterocycles. The van der Waals surface area contributed by atoms with Gasteiger partial charge in [-0.1, -0.05) is 12.1 Å². The molecular weight excluding hydrogens is 376 g/mol. The number of fused-ring (bicyclic) bond motifs is 1. The van der Waals surface area contributed by atoms with Gasteiger partial charge >= 0.3 is 0 Å². The minimum atomic E-state index is -0.777. The van der Waals surface area contributed by atoms with E-state index in [4.69, 9.17) is 0 Å². The molecule has 0 bridgehead atoms. The van der Waals surface area contributed by atoms with Gasteiger partial charge in [0.1, 0.15) is 17.3 Å². The normalized spacial score (nSPS) is 11.0. The molecule has 0 radical (unpaired) electrons. The number of carbonyl (C=O) groups excluding carboxylic acids is 1. The number of halogens is 2. The summed E-state index contributed by atoms with van der Waals surface area (Å²) in [5.74, 6) is -1.70. The number of aliphatic hydroxyl groups is 1. The molecule has 1 amide bonds. The predicted octanol–water partition coefficient (Wildman–Crippen LogP) is 4.40. The number of nitrogens with one attached hydrogen (secondary N) is 1. The smallest absolute Gasteiger partial charge is 0.221 e. The number of amides is 1. The number of hydrogen-bond donors (Lipinski definition) is 2. The van der Waals surface area contributed by atoms with Crippen molar-refractivity contribution >= 4 is 17.2 Å². The number of aliphatic hydroxyl groups excluding tert-OH is 1. The highest BCUT2D eigenvalue weighted by atomic mass is 19.1. The van der Waals surface area contributed by atoms with Crippen molar-refractivity contribution < 1.29 is 18.7 Å². The zero-order valence-electron chi connectivity index (χ0n) is 15.5. The van der Waals surface area contributed by atoms with Crippen LogP contribution >= 0.6 is 0 Å². The molecule has 29 heavy (non-hydrogen) atoms. The number of imidazole rings is 1. The van der Waals surface area contributed by atoms with E-state index in [0.717, 1.165) is 11.6 Å². The molecule has 0 atom stereocenters. The molecule has 0 saturated carbocycles. The summed E-state index contributed by atoms with van der Waals surface area (Å²) in [6, 6.07) is 13.2. The van der Waals surface area contributed by atoms with Crippen molar-refractivity contribution in [2.24, 2.45) is 0 Å². The lowest BCUT2D eigenvalue weighted by Crippen LogP contribution is -2.05. The third-order valence-corrected chi connectivity index (χ3v) is 4.61. The molecule has 0 fully saturated rings. The van der Waals surface area contributed by atoms with Gasteiger partial charge in [0.15, 0.2) is 0 Å². The lowest BCUT2D eigenvalue weighted by atomic mass is 10.0. The molecule has 4 aromatic rings. The zero-order chi connectivity index (χ0) is 20.5. The molecule has 146 valence electrons. The average molecular weight is 393 g/mol. The minimum absolute atomic E-state index is 0.143. The van der Waals surface area contributed by atoms with Gasteiger partial charge in [0.2, 0.25) is 5.91 Å². The fourth-order valence-electron chi connectivity index (χ4n) is 3.18. The van der Waals surface area contributed by atoms with Crippen molar-refractivity contribution in [2.75, 3.05) is 5.32 Å². The first-order chi connectivity index (χ1) is 14.0. The van der Waals surface area contributed by atoms with E-state index >= 15 is 0 Å². The highest BCUT2D eigenvalue weighted by Gasteiger charge is 2.15. The molecule has 2 aromatic heterocycles. The van der Waals surface area contributed by atoms with Gasteiger partial charge in [-0.2, -0.15) is 0 Å². The summed E-state index contributed by atoms with van der Waals surface area (Å²) >= 11 is 0. The molecule has 0 aliphatic heterocycles. The summed E-state index contributed by atoms with van der Waals surface area (Å²) in [6.07, 6.45) is 3.51. The highest BCUT2D eigenvalue weighted by molar-refractivity contribution is 5.89. The number of rotatable bonds is 4. The van der Waals surface area contributed by atoms with Crippen LogP contribution in [0.3, 0.4) is 0 Å². The van der Waals surface area contributed by atoms with Crippen molar-refractivity contribution in [3.8, 4) is 22.4 Å². The second-order valence-electron chi connectivity index (χ2n) is 6.61. The molecule has 2 aromatic carbocycles. The molecule has 7 heteroatoms. The monoisotopic (exact) mass is 393 g/mol. The van der Waals surface area contributed by atoms with E-state index in [1.807, 2.05) is 12.1 Å². The maximum absolute atomic E-state index is 14.6. The number of nitrogens with zero attached hydrogens (tertiary/aromatic N) is 2. The SMILES string of the molecule is CC(=O)Nc1ccc(-c2cn3cc(-c4ccc(F)c(CO)c4F)ccc3n2)cc1. The number of carbonyl (C=O) groups is 1. The lowest BCUT2D eigenvalue weighted by molar-refractivity contribution is -0.114.